The number of hydrogen-bond acceptors (Lipinski definition) is 3. The molecule has 0 aliphatic carbocycles. The number of anilines is 1. The van der Waals surface area contributed by atoms with Gasteiger partial charge in [-0.05, 0) is 36.6 Å². The van der Waals surface area contributed by atoms with Crippen LogP contribution in [0, 0.1) is 18.6 Å². The lowest BCUT2D eigenvalue weighted by molar-refractivity contribution is -0.131. The van der Waals surface area contributed by atoms with Crippen LogP contribution < -0.4 is 4.90 Å². The zero-order valence-corrected chi connectivity index (χ0v) is 18.2. The molecule has 0 saturated carbocycles. The van der Waals surface area contributed by atoms with Gasteiger partial charge >= 0.3 is 6.03 Å². The van der Waals surface area contributed by atoms with Gasteiger partial charge in [0.2, 0.25) is 5.91 Å². The van der Waals surface area contributed by atoms with E-state index in [2.05, 4.69) is 25.1 Å². The van der Waals surface area contributed by atoms with Crippen LogP contribution in [0.5, 0.6) is 0 Å². The molecule has 0 aromatic heterocycles. The van der Waals surface area contributed by atoms with E-state index in [-0.39, 0.29) is 18.5 Å². The van der Waals surface area contributed by atoms with Crippen LogP contribution in [0.25, 0.3) is 0 Å². The van der Waals surface area contributed by atoms with E-state index in [0.717, 1.165) is 24.3 Å². The van der Waals surface area contributed by atoms with Crippen molar-refractivity contribution in [3.8, 4) is 0 Å². The average Bonchev–Trinajstić information content (AvgIpc) is 2.96. The first kappa shape index (κ1) is 21.6. The smallest absolute Gasteiger partial charge is 0.325 e. The van der Waals surface area contributed by atoms with Crippen LogP contribution in [0.15, 0.2) is 42.5 Å². The minimum atomic E-state index is -0.995. The summed E-state index contributed by atoms with van der Waals surface area (Å²) in [7, 11) is 0. The predicted octanol–water partition coefficient (Wildman–Crippen LogP) is 4.22. The van der Waals surface area contributed by atoms with Crippen molar-refractivity contribution in [2.75, 3.05) is 43.4 Å². The Bertz CT molecular complexity index is 987. The molecule has 0 bridgehead atoms. The number of carbonyl (C=O) groups excluding carboxylic acids is 2. The van der Waals surface area contributed by atoms with Gasteiger partial charge in [-0.3, -0.25) is 9.69 Å². The van der Waals surface area contributed by atoms with Gasteiger partial charge in [-0.1, -0.05) is 24.3 Å². The topological polar surface area (TPSA) is 43.9 Å². The third-order valence-corrected chi connectivity index (χ3v) is 7.18. The Kier molecular flexibility index (Phi) is 6.46. The molecule has 2 saturated heterocycles. The molecule has 0 radical (unpaired) electrons. The van der Waals surface area contributed by atoms with Crippen molar-refractivity contribution in [2.45, 2.75) is 18.6 Å². The van der Waals surface area contributed by atoms with Crippen molar-refractivity contribution < 1.29 is 18.4 Å². The van der Waals surface area contributed by atoms with E-state index in [1.807, 2.05) is 22.7 Å². The molecule has 2 fully saturated rings. The van der Waals surface area contributed by atoms with Crippen LogP contribution in [0.4, 0.5) is 19.3 Å². The van der Waals surface area contributed by atoms with Gasteiger partial charge in [0.05, 0.1) is 0 Å². The zero-order chi connectivity index (χ0) is 22.0. The van der Waals surface area contributed by atoms with Crippen molar-refractivity contribution in [1.29, 1.82) is 0 Å². The Hall–Kier alpha value is -2.61. The maximum Gasteiger partial charge on any atom is 0.325 e. The molecule has 164 valence electrons. The van der Waals surface area contributed by atoms with Crippen molar-refractivity contribution in [3.63, 3.8) is 0 Å². The molecule has 1 unspecified atom stereocenters. The molecule has 2 aliphatic rings. The second-order valence-electron chi connectivity index (χ2n) is 7.84. The Morgan fingerprint density at radius 1 is 1.06 bits per heavy atom. The van der Waals surface area contributed by atoms with Gasteiger partial charge in [0.15, 0.2) is 11.6 Å². The average molecular weight is 446 g/mol. The van der Waals surface area contributed by atoms with Crippen molar-refractivity contribution >= 4 is 29.4 Å². The van der Waals surface area contributed by atoms with Crippen LogP contribution >= 0.6 is 11.8 Å². The minimum Gasteiger partial charge on any atom is -0.340 e. The fourth-order valence-electron chi connectivity index (χ4n) is 4.10. The fraction of sp³-hybridized carbons (Fsp3) is 0.391. The maximum atomic E-state index is 13.5. The summed E-state index contributed by atoms with van der Waals surface area (Å²) in [5.41, 5.74) is 2.88. The van der Waals surface area contributed by atoms with E-state index in [1.165, 1.54) is 27.0 Å². The standard InChI is InChI=1S/C23H25F2N3O2S/c1-16-4-2-3-5-18(16)21-8-9-26(12-13-31-21)22(29)15-27-10-11-28(23(27)30)17-6-7-19(24)20(25)14-17/h2-7,14,21H,8-13,15H2,1H3. The van der Waals surface area contributed by atoms with Gasteiger partial charge in [-0.25, -0.2) is 13.6 Å². The summed E-state index contributed by atoms with van der Waals surface area (Å²) < 4.78 is 26.7. The highest BCUT2D eigenvalue weighted by molar-refractivity contribution is 7.99. The molecule has 5 nitrogen and oxygen atoms in total. The Morgan fingerprint density at radius 3 is 2.65 bits per heavy atom. The van der Waals surface area contributed by atoms with Gasteiger partial charge in [0.1, 0.15) is 6.54 Å². The van der Waals surface area contributed by atoms with E-state index < -0.39 is 11.6 Å². The van der Waals surface area contributed by atoms with Crippen molar-refractivity contribution in [1.82, 2.24) is 9.80 Å². The van der Waals surface area contributed by atoms with Crippen LogP contribution in [0.3, 0.4) is 0 Å². The number of carbonyl (C=O) groups is 2. The zero-order valence-electron chi connectivity index (χ0n) is 17.4. The molecule has 2 aromatic carbocycles. The number of amides is 3. The summed E-state index contributed by atoms with van der Waals surface area (Å²) in [5, 5.41) is 0.358. The number of nitrogens with zero attached hydrogens (tertiary/aromatic N) is 3. The summed E-state index contributed by atoms with van der Waals surface area (Å²) in [4.78, 5) is 30.3. The summed E-state index contributed by atoms with van der Waals surface area (Å²) in [6.45, 7) is 4.13. The van der Waals surface area contributed by atoms with Gasteiger partial charge in [0.25, 0.3) is 0 Å². The number of aryl methyl sites for hydroxylation is 1. The number of hydrogen-bond donors (Lipinski definition) is 0. The lowest BCUT2D eigenvalue weighted by Crippen LogP contribution is -2.43. The largest absolute Gasteiger partial charge is 0.340 e. The molecule has 2 heterocycles. The fourth-order valence-corrected chi connectivity index (χ4v) is 5.43. The summed E-state index contributed by atoms with van der Waals surface area (Å²) in [6, 6.07) is 11.4. The van der Waals surface area contributed by atoms with Gasteiger partial charge < -0.3 is 9.80 Å². The molecule has 1 atom stereocenters. The number of benzene rings is 2. The number of rotatable bonds is 4. The second kappa shape index (κ2) is 9.26. The highest BCUT2D eigenvalue weighted by Crippen LogP contribution is 2.36. The summed E-state index contributed by atoms with van der Waals surface area (Å²) in [5.74, 6) is -1.18. The van der Waals surface area contributed by atoms with Crippen LogP contribution in [0.2, 0.25) is 0 Å². The number of urea groups is 1. The lowest BCUT2D eigenvalue weighted by atomic mass is 10.0. The van der Waals surface area contributed by atoms with E-state index in [1.54, 1.807) is 0 Å². The quantitative estimate of drug-likeness (QED) is 0.708. The van der Waals surface area contributed by atoms with Crippen LogP contribution in [0.1, 0.15) is 22.8 Å². The predicted molar refractivity (Wildman–Crippen MR) is 118 cm³/mol. The van der Waals surface area contributed by atoms with Crippen LogP contribution in [-0.2, 0) is 4.79 Å². The molecule has 4 rings (SSSR count). The highest BCUT2D eigenvalue weighted by Gasteiger charge is 2.33. The van der Waals surface area contributed by atoms with E-state index in [9.17, 15) is 18.4 Å². The van der Waals surface area contributed by atoms with E-state index in [0.29, 0.717) is 37.1 Å². The Labute approximate surface area is 185 Å². The van der Waals surface area contributed by atoms with Gasteiger partial charge in [-0.15, -0.1) is 0 Å². The summed E-state index contributed by atoms with van der Waals surface area (Å²) >= 11 is 1.87. The Balaban J connectivity index is 1.36. The minimum absolute atomic E-state index is 0.00128. The third-order valence-electron chi connectivity index (χ3n) is 5.87. The van der Waals surface area contributed by atoms with E-state index in [4.69, 9.17) is 0 Å². The number of thioether (sulfide) groups is 1. The second-order valence-corrected chi connectivity index (χ2v) is 9.15. The normalized spacial score (nSPS) is 19.6. The van der Waals surface area contributed by atoms with Crippen molar-refractivity contribution in [2.24, 2.45) is 0 Å². The van der Waals surface area contributed by atoms with E-state index >= 15 is 0 Å². The highest BCUT2D eigenvalue weighted by atomic mass is 32.2. The lowest BCUT2D eigenvalue weighted by Gasteiger charge is -2.24. The molecule has 8 heteroatoms. The molecular formula is C23H25F2N3O2S. The first-order valence-electron chi connectivity index (χ1n) is 10.4. The SMILES string of the molecule is Cc1ccccc1C1CCN(C(=O)CN2CCN(c3ccc(F)c(F)c3)C2=O)CCS1. The van der Waals surface area contributed by atoms with Crippen molar-refractivity contribution in [3.05, 3.63) is 65.2 Å². The molecule has 0 N–H and O–H groups in total. The molecule has 2 aliphatic heterocycles. The molecule has 3 amide bonds. The Morgan fingerprint density at radius 2 is 1.87 bits per heavy atom. The van der Waals surface area contributed by atoms with Gasteiger partial charge in [-0.2, -0.15) is 11.8 Å². The first-order valence-corrected chi connectivity index (χ1v) is 11.5. The molecule has 31 heavy (non-hydrogen) atoms. The molecular weight excluding hydrogens is 420 g/mol. The maximum absolute atomic E-state index is 13.5. The molecule has 2 aromatic rings. The molecule has 0 spiro atoms. The van der Waals surface area contributed by atoms with Gasteiger partial charge in [0, 0.05) is 48.9 Å². The monoisotopic (exact) mass is 445 g/mol. The first-order chi connectivity index (χ1) is 14.9. The number of halogens is 2. The van der Waals surface area contributed by atoms with Crippen LogP contribution in [-0.4, -0.2) is 60.2 Å². The third kappa shape index (κ3) is 4.69. The summed E-state index contributed by atoms with van der Waals surface area (Å²) in [6.07, 6.45) is 0.871.